The van der Waals surface area contributed by atoms with Crippen LogP contribution in [0.3, 0.4) is 0 Å². The van der Waals surface area contributed by atoms with Gasteiger partial charge in [0.15, 0.2) is 0 Å². The summed E-state index contributed by atoms with van der Waals surface area (Å²) in [7, 11) is 0. The van der Waals surface area contributed by atoms with Crippen molar-refractivity contribution in [3.8, 4) is 0 Å². The maximum absolute atomic E-state index is 13.0. The average Bonchev–Trinajstić information content (AvgIpc) is 2.59. The van der Waals surface area contributed by atoms with Crippen LogP contribution in [-0.2, 0) is 16.8 Å². The lowest BCUT2D eigenvalue weighted by atomic mass is 9.91. The van der Waals surface area contributed by atoms with Crippen LogP contribution in [0.2, 0.25) is 0 Å². The monoisotopic (exact) mass is 425 g/mol. The lowest BCUT2D eigenvalue weighted by molar-refractivity contribution is -0.136. The first-order chi connectivity index (χ1) is 11.4. The Balaban J connectivity index is 0.00000312. The van der Waals surface area contributed by atoms with Gasteiger partial charge in [-0.1, -0.05) is 41.1 Å². The number of benzene rings is 1. The molecule has 136 valence electrons. The first kappa shape index (κ1) is 21.6. The molecule has 1 heterocycles. The highest BCUT2D eigenvalue weighted by Crippen LogP contribution is 2.23. The van der Waals surface area contributed by atoms with E-state index >= 15 is 0 Å². The SMILES string of the molecule is CCCN(CCc1ccccn1)C(=O)C(C)(N)c1ccc(Br)cc1.Cl. The number of aromatic nitrogens is 1. The highest BCUT2D eigenvalue weighted by Gasteiger charge is 2.34. The summed E-state index contributed by atoms with van der Waals surface area (Å²) in [6.45, 7) is 5.15. The first-order valence-corrected chi connectivity index (χ1v) is 8.98. The van der Waals surface area contributed by atoms with Crippen LogP contribution >= 0.6 is 28.3 Å². The largest absolute Gasteiger partial charge is 0.340 e. The van der Waals surface area contributed by atoms with Gasteiger partial charge in [-0.15, -0.1) is 12.4 Å². The van der Waals surface area contributed by atoms with E-state index in [2.05, 4.69) is 27.8 Å². The Morgan fingerprint density at radius 1 is 1.20 bits per heavy atom. The van der Waals surface area contributed by atoms with E-state index in [-0.39, 0.29) is 18.3 Å². The minimum absolute atomic E-state index is 0. The molecule has 0 bridgehead atoms. The molecule has 0 aliphatic heterocycles. The van der Waals surface area contributed by atoms with E-state index in [4.69, 9.17) is 5.73 Å². The van der Waals surface area contributed by atoms with Gasteiger partial charge in [0.25, 0.3) is 0 Å². The van der Waals surface area contributed by atoms with E-state index in [1.807, 2.05) is 47.4 Å². The summed E-state index contributed by atoms with van der Waals surface area (Å²) in [4.78, 5) is 19.2. The van der Waals surface area contributed by atoms with Gasteiger partial charge in [0, 0.05) is 35.9 Å². The fourth-order valence-corrected chi connectivity index (χ4v) is 2.89. The number of pyridine rings is 1. The number of hydrogen-bond acceptors (Lipinski definition) is 3. The van der Waals surface area contributed by atoms with E-state index in [1.54, 1.807) is 13.1 Å². The van der Waals surface area contributed by atoms with Gasteiger partial charge in [0.05, 0.1) is 0 Å². The van der Waals surface area contributed by atoms with E-state index in [1.165, 1.54) is 0 Å². The van der Waals surface area contributed by atoms with E-state index < -0.39 is 5.54 Å². The molecule has 0 radical (unpaired) electrons. The fourth-order valence-electron chi connectivity index (χ4n) is 2.63. The zero-order valence-corrected chi connectivity index (χ0v) is 17.0. The summed E-state index contributed by atoms with van der Waals surface area (Å²) in [5, 5.41) is 0. The Hall–Kier alpha value is -1.43. The minimum atomic E-state index is -1.04. The standard InChI is InChI=1S/C19H24BrN3O.ClH/c1-3-13-23(14-11-17-6-4-5-12-22-17)18(24)19(2,21)15-7-9-16(20)10-8-15;/h4-10,12H,3,11,13-14,21H2,1-2H3;1H. The number of hydrogen-bond donors (Lipinski definition) is 1. The Morgan fingerprint density at radius 2 is 1.88 bits per heavy atom. The van der Waals surface area contributed by atoms with Crippen molar-refractivity contribution in [2.24, 2.45) is 5.73 Å². The third-order valence-electron chi connectivity index (χ3n) is 4.03. The molecule has 1 amide bonds. The number of nitrogens with zero attached hydrogens (tertiary/aromatic N) is 2. The molecule has 25 heavy (non-hydrogen) atoms. The van der Waals surface area contributed by atoms with Crippen LogP contribution in [-0.4, -0.2) is 28.9 Å². The zero-order chi connectivity index (χ0) is 17.6. The Kier molecular flexibility index (Phi) is 8.56. The van der Waals surface area contributed by atoms with Crippen molar-refractivity contribution in [3.63, 3.8) is 0 Å². The second-order valence-corrected chi connectivity index (χ2v) is 6.99. The maximum atomic E-state index is 13.0. The number of carbonyl (C=O) groups is 1. The summed E-state index contributed by atoms with van der Waals surface area (Å²) in [5.41, 5.74) is 7.16. The Morgan fingerprint density at radius 3 is 2.44 bits per heavy atom. The van der Waals surface area contributed by atoms with Crippen LogP contribution < -0.4 is 5.73 Å². The molecule has 0 fully saturated rings. The van der Waals surface area contributed by atoms with Gasteiger partial charge in [-0.25, -0.2) is 0 Å². The average molecular weight is 427 g/mol. The van der Waals surface area contributed by atoms with E-state index in [0.29, 0.717) is 13.1 Å². The zero-order valence-electron chi connectivity index (χ0n) is 14.6. The molecule has 1 aromatic carbocycles. The van der Waals surface area contributed by atoms with Gasteiger partial charge >= 0.3 is 0 Å². The molecule has 1 aromatic heterocycles. The van der Waals surface area contributed by atoms with Gasteiger partial charge in [-0.2, -0.15) is 0 Å². The fraction of sp³-hybridized carbons (Fsp3) is 0.368. The molecular formula is C19H25BrClN3O. The van der Waals surface area contributed by atoms with E-state index in [0.717, 1.165) is 28.6 Å². The molecule has 4 nitrogen and oxygen atoms in total. The molecular weight excluding hydrogens is 402 g/mol. The number of rotatable bonds is 7. The molecule has 0 saturated carbocycles. The molecule has 2 rings (SSSR count). The van der Waals surface area contributed by atoms with Gasteiger partial charge in [0.2, 0.25) is 5.91 Å². The summed E-state index contributed by atoms with van der Waals surface area (Å²) in [6.07, 6.45) is 3.39. The van der Waals surface area contributed by atoms with Crippen molar-refractivity contribution in [3.05, 3.63) is 64.4 Å². The number of amides is 1. The van der Waals surface area contributed by atoms with Crippen LogP contribution in [0.4, 0.5) is 0 Å². The molecule has 1 unspecified atom stereocenters. The van der Waals surface area contributed by atoms with Crippen molar-refractivity contribution in [1.29, 1.82) is 0 Å². The highest BCUT2D eigenvalue weighted by atomic mass is 79.9. The summed E-state index contributed by atoms with van der Waals surface area (Å²) in [5.74, 6) is -0.0531. The number of carbonyl (C=O) groups excluding carboxylic acids is 1. The molecule has 1 atom stereocenters. The second kappa shape index (κ2) is 9.90. The van der Waals surface area contributed by atoms with E-state index in [9.17, 15) is 4.79 Å². The molecule has 6 heteroatoms. The predicted molar refractivity (Wildman–Crippen MR) is 108 cm³/mol. The normalized spacial score (nSPS) is 12.8. The number of halogens is 2. The first-order valence-electron chi connectivity index (χ1n) is 8.19. The minimum Gasteiger partial charge on any atom is -0.340 e. The van der Waals surface area contributed by atoms with Crippen molar-refractivity contribution in [1.82, 2.24) is 9.88 Å². The van der Waals surface area contributed by atoms with Crippen LogP contribution in [0.25, 0.3) is 0 Å². The maximum Gasteiger partial charge on any atom is 0.246 e. The van der Waals surface area contributed by atoms with Gasteiger partial charge in [0.1, 0.15) is 5.54 Å². The third kappa shape index (κ3) is 5.80. The van der Waals surface area contributed by atoms with Crippen molar-refractivity contribution < 1.29 is 4.79 Å². The smallest absolute Gasteiger partial charge is 0.246 e. The van der Waals surface area contributed by atoms with Crippen LogP contribution in [0.5, 0.6) is 0 Å². The molecule has 0 saturated heterocycles. The molecule has 0 spiro atoms. The summed E-state index contributed by atoms with van der Waals surface area (Å²) < 4.78 is 0.968. The quantitative estimate of drug-likeness (QED) is 0.730. The van der Waals surface area contributed by atoms with Gasteiger partial charge < -0.3 is 10.6 Å². The van der Waals surface area contributed by atoms with Gasteiger partial charge in [-0.3, -0.25) is 9.78 Å². The molecule has 2 N–H and O–H groups in total. The molecule has 0 aliphatic rings. The lowest BCUT2D eigenvalue weighted by Gasteiger charge is -2.32. The topological polar surface area (TPSA) is 59.2 Å². The molecule has 0 aliphatic carbocycles. The van der Waals surface area contributed by atoms with Crippen molar-refractivity contribution in [2.45, 2.75) is 32.2 Å². The van der Waals surface area contributed by atoms with Crippen molar-refractivity contribution >= 4 is 34.2 Å². The molecule has 2 aromatic rings. The number of nitrogens with two attached hydrogens (primary N) is 1. The van der Waals surface area contributed by atoms with Crippen LogP contribution in [0.15, 0.2) is 53.1 Å². The predicted octanol–water partition coefficient (Wildman–Crippen LogP) is 3.92. The lowest BCUT2D eigenvalue weighted by Crippen LogP contribution is -2.51. The van der Waals surface area contributed by atoms with Gasteiger partial charge in [-0.05, 0) is 43.2 Å². The Labute approximate surface area is 164 Å². The van der Waals surface area contributed by atoms with Crippen LogP contribution in [0, 0.1) is 0 Å². The third-order valence-corrected chi connectivity index (χ3v) is 4.56. The van der Waals surface area contributed by atoms with Crippen molar-refractivity contribution in [2.75, 3.05) is 13.1 Å². The van der Waals surface area contributed by atoms with Crippen LogP contribution in [0.1, 0.15) is 31.5 Å². The summed E-state index contributed by atoms with van der Waals surface area (Å²) in [6, 6.07) is 13.4. The summed E-state index contributed by atoms with van der Waals surface area (Å²) >= 11 is 3.41. The second-order valence-electron chi connectivity index (χ2n) is 6.07. The Bertz CT molecular complexity index is 662. The highest BCUT2D eigenvalue weighted by molar-refractivity contribution is 9.10.